The zero-order valence-electron chi connectivity index (χ0n) is 15.2. The Kier molecular flexibility index (Phi) is 6.97. The van der Waals surface area contributed by atoms with E-state index in [1.807, 2.05) is 24.3 Å². The fourth-order valence-electron chi connectivity index (χ4n) is 2.27. The molecule has 0 radical (unpaired) electrons. The normalized spacial score (nSPS) is 11.9. The molecule has 26 heavy (non-hydrogen) atoms. The molecule has 2 rings (SSSR count). The van der Waals surface area contributed by atoms with Crippen LogP contribution in [0.25, 0.3) is 0 Å². The van der Waals surface area contributed by atoms with Crippen molar-refractivity contribution < 1.29 is 13.2 Å². The van der Waals surface area contributed by atoms with Gasteiger partial charge in [0.05, 0.1) is 12.0 Å². The smallest absolute Gasteiger partial charge is 0.212 e. The number of sulfone groups is 1. The molecule has 140 valence electrons. The van der Waals surface area contributed by atoms with Crippen LogP contribution < -0.4 is 15.4 Å². The maximum absolute atomic E-state index is 11.5. The van der Waals surface area contributed by atoms with Crippen molar-refractivity contribution in [2.75, 3.05) is 27.0 Å². The number of rotatable bonds is 7. The molecule has 0 spiro atoms. The highest BCUT2D eigenvalue weighted by molar-refractivity contribution is 7.90. The number of guanidine groups is 1. The summed E-state index contributed by atoms with van der Waals surface area (Å²) in [7, 11) is 0.141. The van der Waals surface area contributed by atoms with Gasteiger partial charge in [0.1, 0.15) is 0 Å². The van der Waals surface area contributed by atoms with Crippen LogP contribution in [0.5, 0.6) is 5.88 Å². The van der Waals surface area contributed by atoms with Gasteiger partial charge < -0.3 is 15.4 Å². The Morgan fingerprint density at radius 2 is 1.81 bits per heavy atom. The first-order chi connectivity index (χ1) is 12.4. The second-order valence-electron chi connectivity index (χ2n) is 5.73. The minimum atomic E-state index is -3.15. The van der Waals surface area contributed by atoms with E-state index in [0.29, 0.717) is 29.8 Å². The third-order valence-corrected chi connectivity index (χ3v) is 4.88. The Balaban J connectivity index is 1.79. The Labute approximate surface area is 154 Å². The second kappa shape index (κ2) is 9.19. The lowest BCUT2D eigenvalue weighted by Crippen LogP contribution is -2.37. The zero-order chi connectivity index (χ0) is 19.0. The van der Waals surface area contributed by atoms with Crippen LogP contribution in [0.2, 0.25) is 0 Å². The van der Waals surface area contributed by atoms with E-state index in [1.165, 1.54) is 6.26 Å². The minimum Gasteiger partial charge on any atom is -0.481 e. The van der Waals surface area contributed by atoms with Crippen LogP contribution in [0, 0.1) is 0 Å². The van der Waals surface area contributed by atoms with Crippen LogP contribution in [0.1, 0.15) is 11.1 Å². The highest BCUT2D eigenvalue weighted by Crippen LogP contribution is 2.10. The molecule has 2 aromatic rings. The molecule has 2 N–H and O–H groups in total. The molecule has 0 aliphatic carbocycles. The largest absolute Gasteiger partial charge is 0.481 e. The highest BCUT2D eigenvalue weighted by atomic mass is 32.2. The number of aliphatic imine (C=N–C) groups is 1. The number of benzene rings is 1. The first-order valence-corrected chi connectivity index (χ1v) is 10.0. The van der Waals surface area contributed by atoms with Crippen molar-refractivity contribution >= 4 is 15.8 Å². The summed E-state index contributed by atoms with van der Waals surface area (Å²) in [5.74, 6) is 1.27. The molecule has 0 unspecified atom stereocenters. The van der Waals surface area contributed by atoms with Crippen molar-refractivity contribution in [1.29, 1.82) is 0 Å². The lowest BCUT2D eigenvalue weighted by atomic mass is 10.1. The minimum absolute atomic E-state index is 0.333. The highest BCUT2D eigenvalue weighted by Gasteiger charge is 2.06. The number of methoxy groups -OCH3 is 1. The maximum atomic E-state index is 11.5. The first kappa shape index (κ1) is 19.7. The molecule has 0 atom stereocenters. The van der Waals surface area contributed by atoms with Gasteiger partial charge in [-0.05, 0) is 29.7 Å². The summed E-state index contributed by atoms with van der Waals surface area (Å²) < 4.78 is 28.0. The zero-order valence-corrected chi connectivity index (χ0v) is 16.0. The van der Waals surface area contributed by atoms with Gasteiger partial charge in [-0.15, -0.1) is 0 Å². The van der Waals surface area contributed by atoms with Gasteiger partial charge in [-0.25, -0.2) is 13.4 Å². The van der Waals surface area contributed by atoms with Crippen molar-refractivity contribution in [3.63, 3.8) is 0 Å². The van der Waals surface area contributed by atoms with E-state index in [0.717, 1.165) is 17.5 Å². The Morgan fingerprint density at radius 3 is 2.35 bits per heavy atom. The van der Waals surface area contributed by atoms with Crippen molar-refractivity contribution in [3.8, 4) is 5.88 Å². The summed E-state index contributed by atoms with van der Waals surface area (Å²) in [5.41, 5.74) is 2.07. The fraction of sp³-hybridized carbons (Fsp3) is 0.333. The third kappa shape index (κ3) is 6.03. The van der Waals surface area contributed by atoms with Crippen LogP contribution in [0.15, 0.2) is 52.5 Å². The summed E-state index contributed by atoms with van der Waals surface area (Å²) in [6.07, 6.45) is 3.72. The van der Waals surface area contributed by atoms with Crippen molar-refractivity contribution in [2.45, 2.75) is 17.9 Å². The van der Waals surface area contributed by atoms with E-state index in [4.69, 9.17) is 4.74 Å². The standard InChI is InChI=1S/C18H24N4O3S/c1-19-18(22-13-15-6-9-17(25-2)21-12-15)20-11-10-14-4-7-16(8-5-14)26(3,23)24/h4-9,12H,10-11,13H2,1-3H3,(H2,19,20,22). The van der Waals surface area contributed by atoms with E-state index < -0.39 is 9.84 Å². The Hall–Kier alpha value is -2.61. The number of hydrogen-bond acceptors (Lipinski definition) is 5. The van der Waals surface area contributed by atoms with E-state index in [-0.39, 0.29) is 0 Å². The monoisotopic (exact) mass is 376 g/mol. The molecule has 7 nitrogen and oxygen atoms in total. The van der Waals surface area contributed by atoms with Crippen LogP contribution in [-0.2, 0) is 22.8 Å². The van der Waals surface area contributed by atoms with E-state index >= 15 is 0 Å². The maximum Gasteiger partial charge on any atom is 0.212 e. The summed E-state index contributed by atoms with van der Waals surface area (Å²) in [6.45, 7) is 1.28. The Bertz CT molecular complexity index is 832. The molecule has 0 aliphatic rings. The fourth-order valence-corrected chi connectivity index (χ4v) is 2.90. The molecule has 0 fully saturated rings. The molecular formula is C18H24N4O3S. The summed E-state index contributed by atoms with van der Waals surface area (Å²) in [6, 6.07) is 10.7. The number of nitrogens with one attached hydrogen (secondary N) is 2. The first-order valence-electron chi connectivity index (χ1n) is 8.15. The average Bonchev–Trinajstić information content (AvgIpc) is 2.64. The van der Waals surface area contributed by atoms with Gasteiger partial charge >= 0.3 is 0 Å². The van der Waals surface area contributed by atoms with Gasteiger partial charge in [0.2, 0.25) is 5.88 Å². The van der Waals surface area contributed by atoms with E-state index in [1.54, 1.807) is 32.5 Å². The molecule has 0 saturated heterocycles. The molecule has 0 bridgehead atoms. The molecule has 1 heterocycles. The molecule has 8 heteroatoms. The van der Waals surface area contributed by atoms with Crippen molar-refractivity contribution in [2.24, 2.45) is 4.99 Å². The second-order valence-corrected chi connectivity index (χ2v) is 7.74. The average molecular weight is 376 g/mol. The van der Waals surface area contributed by atoms with Crippen LogP contribution in [0.3, 0.4) is 0 Å². The quantitative estimate of drug-likeness (QED) is 0.561. The van der Waals surface area contributed by atoms with Gasteiger partial charge in [-0.2, -0.15) is 0 Å². The predicted octanol–water partition coefficient (Wildman–Crippen LogP) is 1.40. The summed E-state index contributed by atoms with van der Waals surface area (Å²) in [4.78, 5) is 8.68. The van der Waals surface area contributed by atoms with Crippen LogP contribution >= 0.6 is 0 Å². The van der Waals surface area contributed by atoms with Gasteiger partial charge in [-0.3, -0.25) is 4.99 Å². The van der Waals surface area contributed by atoms with Gasteiger partial charge in [0, 0.05) is 38.7 Å². The van der Waals surface area contributed by atoms with E-state index in [9.17, 15) is 8.42 Å². The molecule has 1 aromatic heterocycles. The van der Waals surface area contributed by atoms with Gasteiger partial charge in [0.25, 0.3) is 0 Å². The molecule has 1 aromatic carbocycles. The SMILES string of the molecule is CN=C(NCCc1ccc(S(C)(=O)=O)cc1)NCc1ccc(OC)nc1. The number of aromatic nitrogens is 1. The topological polar surface area (TPSA) is 92.7 Å². The number of hydrogen-bond donors (Lipinski definition) is 2. The number of ether oxygens (including phenoxy) is 1. The number of pyridine rings is 1. The molecule has 0 amide bonds. The van der Waals surface area contributed by atoms with Crippen LogP contribution in [0.4, 0.5) is 0 Å². The Morgan fingerprint density at radius 1 is 1.12 bits per heavy atom. The lowest BCUT2D eigenvalue weighted by Gasteiger charge is -2.12. The molecule has 0 saturated carbocycles. The van der Waals surface area contributed by atoms with Gasteiger partial charge in [-0.1, -0.05) is 18.2 Å². The predicted molar refractivity (Wildman–Crippen MR) is 102 cm³/mol. The van der Waals surface area contributed by atoms with Crippen LogP contribution in [-0.4, -0.2) is 46.3 Å². The van der Waals surface area contributed by atoms with E-state index in [2.05, 4.69) is 20.6 Å². The third-order valence-electron chi connectivity index (χ3n) is 3.75. The summed E-state index contributed by atoms with van der Waals surface area (Å²) in [5, 5.41) is 6.45. The van der Waals surface area contributed by atoms with Crippen molar-refractivity contribution in [1.82, 2.24) is 15.6 Å². The van der Waals surface area contributed by atoms with Gasteiger partial charge in [0.15, 0.2) is 15.8 Å². The molecule has 0 aliphatic heterocycles. The van der Waals surface area contributed by atoms with Crippen molar-refractivity contribution in [3.05, 3.63) is 53.7 Å². The molecular weight excluding hydrogens is 352 g/mol. The summed E-state index contributed by atoms with van der Waals surface area (Å²) >= 11 is 0. The lowest BCUT2D eigenvalue weighted by molar-refractivity contribution is 0.397. The number of nitrogens with zero attached hydrogens (tertiary/aromatic N) is 2.